The SMILES string of the molecule is N=C(OC/C=C/CCc1ccccc1)c1ccccc1. The van der Waals surface area contributed by atoms with Crippen LogP contribution >= 0.6 is 0 Å². The molecule has 0 aliphatic rings. The molecule has 2 heteroatoms. The van der Waals surface area contributed by atoms with Gasteiger partial charge in [0, 0.05) is 5.56 Å². The molecule has 2 rings (SSSR count). The van der Waals surface area contributed by atoms with Crippen LogP contribution in [0.15, 0.2) is 72.8 Å². The van der Waals surface area contributed by atoms with Gasteiger partial charge in [0.15, 0.2) is 0 Å². The Kier molecular flexibility index (Phi) is 5.59. The van der Waals surface area contributed by atoms with Crippen LogP contribution in [0.25, 0.3) is 0 Å². The number of aryl methyl sites for hydroxylation is 1. The summed E-state index contributed by atoms with van der Waals surface area (Å²) in [5, 5.41) is 7.79. The third-order valence-electron chi connectivity index (χ3n) is 2.97. The largest absolute Gasteiger partial charge is 0.473 e. The van der Waals surface area contributed by atoms with E-state index in [1.165, 1.54) is 5.56 Å². The smallest absolute Gasteiger partial charge is 0.213 e. The van der Waals surface area contributed by atoms with Crippen molar-refractivity contribution in [3.05, 3.63) is 83.9 Å². The second-order valence-electron chi connectivity index (χ2n) is 4.50. The van der Waals surface area contributed by atoms with Gasteiger partial charge < -0.3 is 4.74 Å². The standard InChI is InChI=1S/C18H19NO/c19-18(17-13-7-2-8-14-17)20-15-9-3-6-12-16-10-4-1-5-11-16/h1-5,7-11,13-14,19H,6,12,15H2/b9-3+,19-18?. The van der Waals surface area contributed by atoms with E-state index in [0.29, 0.717) is 6.61 Å². The molecule has 0 radical (unpaired) electrons. The Balaban J connectivity index is 1.66. The zero-order chi connectivity index (χ0) is 14.0. The van der Waals surface area contributed by atoms with E-state index in [4.69, 9.17) is 10.1 Å². The van der Waals surface area contributed by atoms with Gasteiger partial charge in [-0.2, -0.15) is 0 Å². The van der Waals surface area contributed by atoms with Crippen molar-refractivity contribution in [1.82, 2.24) is 0 Å². The van der Waals surface area contributed by atoms with E-state index in [-0.39, 0.29) is 5.90 Å². The van der Waals surface area contributed by atoms with Gasteiger partial charge in [-0.05, 0) is 30.5 Å². The summed E-state index contributed by atoms with van der Waals surface area (Å²) < 4.78 is 5.38. The molecule has 0 atom stereocenters. The lowest BCUT2D eigenvalue weighted by Gasteiger charge is -2.04. The minimum Gasteiger partial charge on any atom is -0.473 e. The van der Waals surface area contributed by atoms with Crippen LogP contribution in [0.3, 0.4) is 0 Å². The molecule has 0 saturated carbocycles. The quantitative estimate of drug-likeness (QED) is 0.473. The molecule has 0 fully saturated rings. The predicted molar refractivity (Wildman–Crippen MR) is 83.1 cm³/mol. The first-order chi connectivity index (χ1) is 9.86. The normalized spacial score (nSPS) is 10.6. The first kappa shape index (κ1) is 14.1. The summed E-state index contributed by atoms with van der Waals surface area (Å²) in [5.74, 6) is 0.221. The molecule has 0 saturated heterocycles. The van der Waals surface area contributed by atoms with Gasteiger partial charge >= 0.3 is 0 Å². The van der Waals surface area contributed by atoms with Crippen LogP contribution < -0.4 is 0 Å². The zero-order valence-electron chi connectivity index (χ0n) is 11.5. The van der Waals surface area contributed by atoms with Gasteiger partial charge in [-0.25, -0.2) is 0 Å². The molecule has 102 valence electrons. The molecule has 2 nitrogen and oxygen atoms in total. The fourth-order valence-electron chi connectivity index (χ4n) is 1.88. The molecule has 0 unspecified atom stereocenters. The fourth-order valence-corrected chi connectivity index (χ4v) is 1.88. The maximum Gasteiger partial charge on any atom is 0.213 e. The summed E-state index contributed by atoms with van der Waals surface area (Å²) in [7, 11) is 0. The number of allylic oxidation sites excluding steroid dienone is 1. The molecular formula is C18H19NO. The van der Waals surface area contributed by atoms with E-state index in [2.05, 4.69) is 30.3 Å². The highest BCUT2D eigenvalue weighted by molar-refractivity contribution is 5.91. The Morgan fingerprint density at radius 1 is 0.900 bits per heavy atom. The molecule has 0 spiro atoms. The highest BCUT2D eigenvalue weighted by Gasteiger charge is 1.98. The van der Waals surface area contributed by atoms with Crippen molar-refractivity contribution in [2.45, 2.75) is 12.8 Å². The Bertz CT molecular complexity index is 546. The fraction of sp³-hybridized carbons (Fsp3) is 0.167. The Hall–Kier alpha value is -2.35. The predicted octanol–water partition coefficient (Wildman–Crippen LogP) is 4.22. The van der Waals surface area contributed by atoms with Crippen molar-refractivity contribution in [3.8, 4) is 0 Å². The van der Waals surface area contributed by atoms with E-state index in [1.807, 2.05) is 42.5 Å². The number of hydrogen-bond acceptors (Lipinski definition) is 2. The minimum absolute atomic E-state index is 0.221. The first-order valence-electron chi connectivity index (χ1n) is 6.82. The van der Waals surface area contributed by atoms with Gasteiger partial charge in [-0.15, -0.1) is 0 Å². The summed E-state index contributed by atoms with van der Waals surface area (Å²) in [6.07, 6.45) is 6.10. The van der Waals surface area contributed by atoms with E-state index < -0.39 is 0 Å². The molecule has 20 heavy (non-hydrogen) atoms. The molecule has 2 aromatic carbocycles. The third kappa shape index (κ3) is 4.73. The molecule has 0 amide bonds. The highest BCUT2D eigenvalue weighted by Crippen LogP contribution is 2.03. The molecule has 0 aliphatic heterocycles. The van der Waals surface area contributed by atoms with Crippen molar-refractivity contribution in [2.24, 2.45) is 0 Å². The Morgan fingerprint density at radius 2 is 1.55 bits per heavy atom. The van der Waals surface area contributed by atoms with Gasteiger partial charge in [0.2, 0.25) is 5.90 Å². The van der Waals surface area contributed by atoms with Crippen molar-refractivity contribution in [1.29, 1.82) is 5.41 Å². The minimum atomic E-state index is 0.221. The number of hydrogen-bond donors (Lipinski definition) is 1. The Morgan fingerprint density at radius 3 is 2.25 bits per heavy atom. The molecule has 0 aliphatic carbocycles. The van der Waals surface area contributed by atoms with Crippen molar-refractivity contribution in [2.75, 3.05) is 6.61 Å². The first-order valence-corrected chi connectivity index (χ1v) is 6.82. The summed E-state index contributed by atoms with van der Waals surface area (Å²) in [5.41, 5.74) is 2.15. The lowest BCUT2D eigenvalue weighted by atomic mass is 10.1. The maximum absolute atomic E-state index is 7.79. The van der Waals surface area contributed by atoms with Crippen LogP contribution in [0.5, 0.6) is 0 Å². The number of ether oxygens (including phenoxy) is 1. The van der Waals surface area contributed by atoms with E-state index in [1.54, 1.807) is 0 Å². The van der Waals surface area contributed by atoms with E-state index in [9.17, 15) is 0 Å². The van der Waals surface area contributed by atoms with Crippen LogP contribution in [0.1, 0.15) is 17.5 Å². The lowest BCUT2D eigenvalue weighted by molar-refractivity contribution is 0.348. The highest BCUT2D eigenvalue weighted by atomic mass is 16.5. The Labute approximate surface area is 120 Å². The van der Waals surface area contributed by atoms with E-state index in [0.717, 1.165) is 18.4 Å². The van der Waals surface area contributed by atoms with Crippen LogP contribution in [0, 0.1) is 5.41 Å². The molecular weight excluding hydrogens is 246 g/mol. The van der Waals surface area contributed by atoms with Crippen molar-refractivity contribution >= 4 is 5.90 Å². The zero-order valence-corrected chi connectivity index (χ0v) is 11.5. The molecule has 0 heterocycles. The van der Waals surface area contributed by atoms with Crippen LogP contribution in [-0.2, 0) is 11.2 Å². The maximum atomic E-state index is 7.79. The molecule has 1 N–H and O–H groups in total. The molecule has 0 bridgehead atoms. The summed E-state index contributed by atoms with van der Waals surface area (Å²) in [6.45, 7) is 0.447. The topological polar surface area (TPSA) is 33.1 Å². The number of nitrogens with one attached hydrogen (secondary N) is 1. The van der Waals surface area contributed by atoms with Gasteiger partial charge in [0.1, 0.15) is 6.61 Å². The van der Waals surface area contributed by atoms with Crippen molar-refractivity contribution < 1.29 is 4.74 Å². The van der Waals surface area contributed by atoms with Gasteiger partial charge in [0.25, 0.3) is 0 Å². The van der Waals surface area contributed by atoms with Crippen molar-refractivity contribution in [3.63, 3.8) is 0 Å². The summed E-state index contributed by atoms with van der Waals surface area (Å²) >= 11 is 0. The monoisotopic (exact) mass is 265 g/mol. The third-order valence-corrected chi connectivity index (χ3v) is 2.97. The van der Waals surface area contributed by atoms with Crippen LogP contribution in [-0.4, -0.2) is 12.5 Å². The van der Waals surface area contributed by atoms with Gasteiger partial charge in [-0.1, -0.05) is 60.7 Å². The van der Waals surface area contributed by atoms with E-state index >= 15 is 0 Å². The average Bonchev–Trinajstić information content (AvgIpc) is 2.52. The number of rotatable bonds is 6. The average molecular weight is 265 g/mol. The summed E-state index contributed by atoms with van der Waals surface area (Å²) in [6, 6.07) is 19.9. The molecule has 0 aromatic heterocycles. The van der Waals surface area contributed by atoms with Crippen LogP contribution in [0.4, 0.5) is 0 Å². The molecule has 2 aromatic rings. The lowest BCUT2D eigenvalue weighted by Crippen LogP contribution is -2.04. The second-order valence-corrected chi connectivity index (χ2v) is 4.50. The number of benzene rings is 2. The van der Waals surface area contributed by atoms with Gasteiger partial charge in [0.05, 0.1) is 0 Å². The van der Waals surface area contributed by atoms with Gasteiger partial charge in [-0.3, -0.25) is 5.41 Å². The van der Waals surface area contributed by atoms with Crippen LogP contribution in [0.2, 0.25) is 0 Å². The summed E-state index contributed by atoms with van der Waals surface area (Å²) in [4.78, 5) is 0. The second kappa shape index (κ2) is 7.95.